The van der Waals surface area contributed by atoms with Crippen LogP contribution in [0.4, 0.5) is 0 Å². The molecular weight excluding hydrogens is 367 g/mol. The normalized spacial score (nSPS) is 23.2. The molecule has 7 nitrogen and oxygen atoms in total. The van der Waals surface area contributed by atoms with Crippen LogP contribution in [-0.2, 0) is 9.59 Å². The summed E-state index contributed by atoms with van der Waals surface area (Å²) in [6.07, 6.45) is 4.76. The second-order valence-corrected chi connectivity index (χ2v) is 6.88. The van der Waals surface area contributed by atoms with E-state index in [9.17, 15) is 24.6 Å². The van der Waals surface area contributed by atoms with Crippen molar-refractivity contribution in [1.82, 2.24) is 9.88 Å². The Kier molecular flexibility index (Phi) is 6.81. The van der Waals surface area contributed by atoms with Gasteiger partial charge < -0.3 is 15.0 Å². The number of fused-ring (bicyclic) bond motifs is 1. The summed E-state index contributed by atoms with van der Waals surface area (Å²) in [7, 11) is 0. The van der Waals surface area contributed by atoms with Crippen LogP contribution in [-0.4, -0.2) is 49.9 Å². The zero-order valence-corrected chi connectivity index (χ0v) is 17.1. The predicted octanol–water partition coefficient (Wildman–Crippen LogP) is -3.26. The molecule has 3 atom stereocenters. The van der Waals surface area contributed by atoms with Gasteiger partial charge in [-0.2, -0.15) is 0 Å². The Hall–Kier alpha value is -1.45. The topological polar surface area (TPSA) is 111 Å². The number of nitrogens with zero attached hydrogens (tertiary/aromatic N) is 2. The van der Waals surface area contributed by atoms with Crippen LogP contribution in [0.15, 0.2) is 47.9 Å². The molecule has 0 bridgehead atoms. The van der Waals surface area contributed by atoms with Crippen LogP contribution in [0.5, 0.6) is 0 Å². The minimum absolute atomic E-state index is 0. The molecule has 1 aromatic rings. The molecule has 0 spiro atoms. The van der Waals surface area contributed by atoms with E-state index in [1.165, 1.54) is 37.0 Å². The first kappa shape index (κ1) is 20.9. The number of β-lactam (4-membered cyclic amide) rings is 1. The zero-order chi connectivity index (χ0) is 18.1. The van der Waals surface area contributed by atoms with Gasteiger partial charge in [0.05, 0.1) is 29.1 Å². The van der Waals surface area contributed by atoms with Crippen molar-refractivity contribution in [2.75, 3.05) is 5.75 Å². The Morgan fingerprint density at radius 1 is 1.50 bits per heavy atom. The maximum atomic E-state index is 12.2. The van der Waals surface area contributed by atoms with E-state index < -0.39 is 29.3 Å². The minimum atomic E-state index is -1.48. The number of aliphatic hydroxyl groups is 1. The number of aliphatic hydroxyl groups excluding tert-OH is 1. The smallest absolute Gasteiger partial charge is 0.543 e. The molecule has 1 aromatic heterocycles. The van der Waals surface area contributed by atoms with E-state index in [1.807, 2.05) is 0 Å². The number of carbonyl (C=O) groups excluding carboxylic acids is 3. The summed E-state index contributed by atoms with van der Waals surface area (Å²) >= 11 is 1.35. The zero-order valence-electron chi connectivity index (χ0n) is 14.3. The molecule has 3 heterocycles. The molecule has 9 heteroatoms. The second kappa shape index (κ2) is 8.49. The Morgan fingerprint density at radius 3 is 2.81 bits per heavy atom. The molecule has 3 rings (SSSR count). The number of hydrogen-bond acceptors (Lipinski definition) is 7. The first-order chi connectivity index (χ1) is 11.9. The summed E-state index contributed by atoms with van der Waals surface area (Å²) in [5.74, 6) is -2.56. The molecule has 0 aliphatic carbocycles. The first-order valence-electron chi connectivity index (χ1n) is 7.61. The van der Waals surface area contributed by atoms with E-state index in [2.05, 4.69) is 4.98 Å². The number of pyridine rings is 1. The van der Waals surface area contributed by atoms with E-state index in [-0.39, 0.29) is 41.0 Å². The molecule has 1 amide bonds. The molecular formula is C17H15N2NaO5S. The molecule has 2 aliphatic rings. The molecule has 1 saturated heterocycles. The van der Waals surface area contributed by atoms with Crippen molar-refractivity contribution in [1.29, 1.82) is 0 Å². The third-order valence-corrected chi connectivity index (χ3v) is 5.46. The number of amides is 1. The van der Waals surface area contributed by atoms with Crippen LogP contribution >= 0.6 is 11.8 Å². The van der Waals surface area contributed by atoms with Crippen molar-refractivity contribution in [3.63, 3.8) is 0 Å². The fraction of sp³-hybridized carbons (Fsp3) is 0.294. The Labute approximate surface area is 176 Å². The van der Waals surface area contributed by atoms with E-state index in [0.717, 1.165) is 4.90 Å². The number of hydrogen-bond donors (Lipinski definition) is 1. The molecule has 0 unspecified atom stereocenters. The minimum Gasteiger partial charge on any atom is -0.543 e. The van der Waals surface area contributed by atoms with Crippen LogP contribution in [0.3, 0.4) is 0 Å². The van der Waals surface area contributed by atoms with Gasteiger partial charge in [-0.25, -0.2) is 0 Å². The van der Waals surface area contributed by atoms with Crippen molar-refractivity contribution < 1.29 is 54.2 Å². The van der Waals surface area contributed by atoms with E-state index >= 15 is 0 Å². The number of rotatable bonds is 5. The Morgan fingerprint density at radius 2 is 2.23 bits per heavy atom. The monoisotopic (exact) mass is 382 g/mol. The van der Waals surface area contributed by atoms with E-state index in [0.29, 0.717) is 16.9 Å². The summed E-state index contributed by atoms with van der Waals surface area (Å²) in [5.41, 5.74) is 0.474. The standard InChI is InChI=1S/C17H16N2O5S.Na/c1-9(20)13-15(22)19-14(17(23)24)11(8-25-16(13)19)4-5-12(21)10-3-2-6-18-7-10;/h2-7,9,13,16,20H,8H2,1H3,(H,23,24);/q;+1/p-1/b5-4+;/t9-,13+,16-;/m1./s1. The quantitative estimate of drug-likeness (QED) is 0.246. The van der Waals surface area contributed by atoms with Crippen molar-refractivity contribution in [3.8, 4) is 0 Å². The van der Waals surface area contributed by atoms with Gasteiger partial charge in [0.25, 0.3) is 0 Å². The first-order valence-corrected chi connectivity index (χ1v) is 8.66. The number of allylic oxidation sites excluding steroid dienone is 2. The Balaban J connectivity index is 0.00000243. The van der Waals surface area contributed by atoms with Crippen molar-refractivity contribution in [2.24, 2.45) is 5.92 Å². The van der Waals surface area contributed by atoms with Crippen LogP contribution in [0.1, 0.15) is 17.3 Å². The molecule has 0 radical (unpaired) electrons. The van der Waals surface area contributed by atoms with Gasteiger partial charge in [0.15, 0.2) is 5.78 Å². The van der Waals surface area contributed by atoms with Gasteiger partial charge in [-0.15, -0.1) is 11.8 Å². The molecule has 1 N–H and O–H groups in total. The van der Waals surface area contributed by atoms with Gasteiger partial charge in [-0.1, -0.05) is 6.08 Å². The van der Waals surface area contributed by atoms with Crippen LogP contribution in [0, 0.1) is 5.92 Å². The maximum absolute atomic E-state index is 12.2. The molecule has 0 aromatic carbocycles. The molecule has 1 fully saturated rings. The fourth-order valence-electron chi connectivity index (χ4n) is 2.88. The average molecular weight is 382 g/mol. The van der Waals surface area contributed by atoms with Gasteiger partial charge >= 0.3 is 29.6 Å². The summed E-state index contributed by atoms with van der Waals surface area (Å²) < 4.78 is 0. The third-order valence-electron chi connectivity index (χ3n) is 4.13. The van der Waals surface area contributed by atoms with E-state index in [4.69, 9.17) is 0 Å². The van der Waals surface area contributed by atoms with Crippen molar-refractivity contribution in [2.45, 2.75) is 18.4 Å². The largest absolute Gasteiger partial charge is 1.00 e. The summed E-state index contributed by atoms with van der Waals surface area (Å²) in [6, 6.07) is 3.23. The van der Waals surface area contributed by atoms with Gasteiger partial charge in [0.1, 0.15) is 0 Å². The molecule has 26 heavy (non-hydrogen) atoms. The van der Waals surface area contributed by atoms with Gasteiger partial charge in [0, 0.05) is 23.7 Å². The molecule has 130 valence electrons. The number of carbonyl (C=O) groups is 3. The molecule has 2 aliphatic heterocycles. The predicted molar refractivity (Wildman–Crippen MR) is 88.0 cm³/mol. The number of thioether (sulfide) groups is 1. The number of carboxylic acid groups (broad SMARTS) is 1. The fourth-order valence-corrected chi connectivity index (χ4v) is 4.38. The number of carboxylic acids is 1. The van der Waals surface area contributed by atoms with Gasteiger partial charge in [0.2, 0.25) is 5.91 Å². The Bertz CT molecular complexity index is 794. The third kappa shape index (κ3) is 3.79. The van der Waals surface area contributed by atoms with Crippen molar-refractivity contribution in [3.05, 3.63) is 53.5 Å². The second-order valence-electron chi connectivity index (χ2n) is 5.78. The summed E-state index contributed by atoms with van der Waals surface area (Å²) in [4.78, 5) is 40.8. The summed E-state index contributed by atoms with van der Waals surface area (Å²) in [5, 5.41) is 20.8. The van der Waals surface area contributed by atoms with Crippen LogP contribution in [0.2, 0.25) is 0 Å². The SMILES string of the molecule is C[C@@H](O)[C@H]1C(=O)N2C(C(=O)[O-])=C(/C=C/C(=O)c3cccnc3)CS[C@H]12.[Na+]. The van der Waals surface area contributed by atoms with Crippen LogP contribution < -0.4 is 34.7 Å². The van der Waals surface area contributed by atoms with Crippen LogP contribution in [0.25, 0.3) is 0 Å². The van der Waals surface area contributed by atoms with Gasteiger partial charge in [-0.3, -0.25) is 19.5 Å². The summed E-state index contributed by atoms with van der Waals surface area (Å²) in [6.45, 7) is 1.50. The maximum Gasteiger partial charge on any atom is 1.00 e. The molecule has 0 saturated carbocycles. The van der Waals surface area contributed by atoms with E-state index in [1.54, 1.807) is 18.3 Å². The average Bonchev–Trinajstić information content (AvgIpc) is 2.59. The number of aliphatic carboxylic acids is 1. The van der Waals surface area contributed by atoms with Gasteiger partial charge in [-0.05, 0) is 30.7 Å². The number of ketones is 1. The number of aromatic nitrogens is 1. The van der Waals surface area contributed by atoms with Crippen molar-refractivity contribution >= 4 is 29.4 Å².